The van der Waals surface area contributed by atoms with E-state index in [0.717, 1.165) is 27.8 Å². The summed E-state index contributed by atoms with van der Waals surface area (Å²) in [6, 6.07) is 7.71. The van der Waals surface area contributed by atoms with Crippen molar-refractivity contribution in [3.8, 4) is 0 Å². The Morgan fingerprint density at radius 3 is 2.60 bits per heavy atom. The average molecular weight is 307 g/mol. The van der Waals surface area contributed by atoms with Gasteiger partial charge in [-0.3, -0.25) is 4.40 Å². The third-order valence-electron chi connectivity index (χ3n) is 3.35. The highest BCUT2D eigenvalue weighted by Gasteiger charge is 2.15. The molecule has 0 spiro atoms. The highest BCUT2D eigenvalue weighted by molar-refractivity contribution is 6.32. The molecule has 0 saturated heterocycles. The molecule has 0 unspecified atom stereocenters. The van der Waals surface area contributed by atoms with E-state index in [9.17, 15) is 0 Å². The van der Waals surface area contributed by atoms with Gasteiger partial charge in [-0.25, -0.2) is 4.98 Å². The Kier molecular flexibility index (Phi) is 3.36. The number of hydrogen-bond donors (Lipinski definition) is 0. The molecule has 1 aromatic carbocycles. The first-order chi connectivity index (χ1) is 9.58. The molecule has 102 valence electrons. The van der Waals surface area contributed by atoms with Gasteiger partial charge in [-0.15, -0.1) is 10.2 Å². The van der Waals surface area contributed by atoms with E-state index in [1.165, 1.54) is 0 Å². The summed E-state index contributed by atoms with van der Waals surface area (Å²) in [4.78, 5) is 4.26. The Morgan fingerprint density at radius 1 is 1.10 bits per heavy atom. The minimum atomic E-state index is 0.367. The van der Waals surface area contributed by atoms with Crippen molar-refractivity contribution in [3.63, 3.8) is 0 Å². The zero-order valence-corrected chi connectivity index (χ0v) is 12.6. The minimum absolute atomic E-state index is 0.367. The van der Waals surface area contributed by atoms with E-state index in [0.29, 0.717) is 17.2 Å². The van der Waals surface area contributed by atoms with Crippen LogP contribution in [0.1, 0.15) is 22.8 Å². The molecule has 0 bridgehead atoms. The van der Waals surface area contributed by atoms with E-state index >= 15 is 0 Å². The summed E-state index contributed by atoms with van der Waals surface area (Å²) in [5.74, 6) is 0.804. The first-order valence-corrected chi connectivity index (χ1v) is 6.93. The van der Waals surface area contributed by atoms with E-state index in [1.807, 2.05) is 42.5 Å². The number of fused-ring (bicyclic) bond motifs is 1. The third-order valence-corrected chi connectivity index (χ3v) is 3.97. The second kappa shape index (κ2) is 5.04. The molecule has 3 aromatic rings. The van der Waals surface area contributed by atoms with Gasteiger partial charge in [-0.1, -0.05) is 41.4 Å². The van der Waals surface area contributed by atoms with Gasteiger partial charge in [-0.05, 0) is 25.5 Å². The van der Waals surface area contributed by atoms with Crippen LogP contribution in [-0.4, -0.2) is 19.6 Å². The molecule has 4 nitrogen and oxygen atoms in total. The number of benzene rings is 1. The first-order valence-electron chi connectivity index (χ1n) is 6.18. The number of nitrogens with zero attached hydrogens (tertiary/aromatic N) is 4. The first kappa shape index (κ1) is 13.3. The Morgan fingerprint density at radius 2 is 1.85 bits per heavy atom. The van der Waals surface area contributed by atoms with Crippen molar-refractivity contribution in [2.75, 3.05) is 0 Å². The summed E-state index contributed by atoms with van der Waals surface area (Å²) in [7, 11) is 0. The fraction of sp³-hybridized carbons (Fsp3) is 0.214. The standard InChI is InChI=1S/C14H12Cl2N4/c1-8-9(2)20-12(18-19-14(20)13(16)17-8)7-10-5-3-4-6-11(10)15/h3-6H,7H2,1-2H3. The Labute approximate surface area is 126 Å². The smallest absolute Gasteiger partial charge is 0.198 e. The van der Waals surface area contributed by atoms with Crippen LogP contribution in [-0.2, 0) is 6.42 Å². The largest absolute Gasteiger partial charge is 0.279 e. The van der Waals surface area contributed by atoms with E-state index in [4.69, 9.17) is 23.2 Å². The van der Waals surface area contributed by atoms with Crippen LogP contribution in [0, 0.1) is 13.8 Å². The maximum Gasteiger partial charge on any atom is 0.198 e. The number of halogens is 2. The quantitative estimate of drug-likeness (QED) is 0.726. The summed E-state index contributed by atoms with van der Waals surface area (Å²) in [6.45, 7) is 3.89. The van der Waals surface area contributed by atoms with Crippen molar-refractivity contribution >= 4 is 28.8 Å². The lowest BCUT2D eigenvalue weighted by Crippen LogP contribution is -2.04. The predicted molar refractivity (Wildman–Crippen MR) is 79.5 cm³/mol. The van der Waals surface area contributed by atoms with E-state index in [1.54, 1.807) is 0 Å². The number of rotatable bonds is 2. The van der Waals surface area contributed by atoms with Crippen molar-refractivity contribution < 1.29 is 0 Å². The number of aryl methyl sites for hydroxylation is 2. The van der Waals surface area contributed by atoms with Gasteiger partial charge in [0.25, 0.3) is 0 Å². The van der Waals surface area contributed by atoms with Gasteiger partial charge in [0.05, 0.1) is 5.69 Å². The van der Waals surface area contributed by atoms with Crippen molar-refractivity contribution in [2.45, 2.75) is 20.3 Å². The van der Waals surface area contributed by atoms with Gasteiger partial charge >= 0.3 is 0 Å². The molecule has 0 aliphatic heterocycles. The normalized spacial score (nSPS) is 11.2. The SMILES string of the molecule is Cc1nc(Cl)c2nnc(Cc3ccccc3Cl)n2c1C. The van der Waals surface area contributed by atoms with Crippen LogP contribution in [0.2, 0.25) is 10.2 Å². The lowest BCUT2D eigenvalue weighted by atomic mass is 10.1. The molecule has 2 heterocycles. The van der Waals surface area contributed by atoms with Gasteiger partial charge in [0.15, 0.2) is 10.8 Å². The minimum Gasteiger partial charge on any atom is -0.279 e. The second-order valence-corrected chi connectivity index (χ2v) is 5.38. The highest BCUT2D eigenvalue weighted by atomic mass is 35.5. The van der Waals surface area contributed by atoms with Gasteiger partial charge in [-0.2, -0.15) is 0 Å². The molecule has 0 aliphatic rings. The molecule has 20 heavy (non-hydrogen) atoms. The highest BCUT2D eigenvalue weighted by Crippen LogP contribution is 2.22. The van der Waals surface area contributed by atoms with Crippen LogP contribution in [0.4, 0.5) is 0 Å². The Bertz CT molecular complexity index is 795. The Hall–Kier alpha value is -1.65. The summed E-state index contributed by atoms with van der Waals surface area (Å²) in [6.07, 6.45) is 0.599. The maximum atomic E-state index is 6.20. The molecule has 2 aromatic heterocycles. The summed E-state index contributed by atoms with van der Waals surface area (Å²) in [5, 5.41) is 9.43. The topological polar surface area (TPSA) is 43.1 Å². The summed E-state index contributed by atoms with van der Waals surface area (Å²) >= 11 is 12.3. The third kappa shape index (κ3) is 2.15. The van der Waals surface area contributed by atoms with Crippen LogP contribution in [0.15, 0.2) is 24.3 Å². The molecule has 0 aliphatic carbocycles. The van der Waals surface area contributed by atoms with Gasteiger partial charge in [0.2, 0.25) is 0 Å². The zero-order chi connectivity index (χ0) is 14.3. The molecular weight excluding hydrogens is 295 g/mol. The molecule has 3 rings (SSSR count). The van der Waals surface area contributed by atoms with Crippen molar-refractivity contribution in [3.05, 3.63) is 57.2 Å². The maximum absolute atomic E-state index is 6.20. The fourth-order valence-electron chi connectivity index (χ4n) is 2.17. The molecule has 0 fully saturated rings. The fourth-order valence-corrected chi connectivity index (χ4v) is 2.62. The molecule has 0 amide bonds. The van der Waals surface area contributed by atoms with Crippen LogP contribution in [0.5, 0.6) is 0 Å². The predicted octanol–water partition coefficient (Wildman–Crippen LogP) is 3.64. The van der Waals surface area contributed by atoms with Crippen LogP contribution in [0.3, 0.4) is 0 Å². The monoisotopic (exact) mass is 306 g/mol. The molecule has 6 heteroatoms. The van der Waals surface area contributed by atoms with Gasteiger partial charge in [0.1, 0.15) is 5.82 Å². The molecule has 0 saturated carbocycles. The van der Waals surface area contributed by atoms with Crippen LogP contribution >= 0.6 is 23.2 Å². The second-order valence-electron chi connectivity index (χ2n) is 4.62. The van der Waals surface area contributed by atoms with Crippen molar-refractivity contribution in [1.82, 2.24) is 19.6 Å². The molecule has 0 N–H and O–H groups in total. The summed E-state index contributed by atoms with van der Waals surface area (Å²) in [5.41, 5.74) is 3.43. The van der Waals surface area contributed by atoms with Crippen LogP contribution in [0.25, 0.3) is 5.65 Å². The molecule has 0 atom stereocenters. The lowest BCUT2D eigenvalue weighted by Gasteiger charge is -2.08. The summed E-state index contributed by atoms with van der Waals surface area (Å²) < 4.78 is 1.94. The Balaban J connectivity index is 2.16. The van der Waals surface area contributed by atoms with Gasteiger partial charge in [0, 0.05) is 17.1 Å². The average Bonchev–Trinajstić information content (AvgIpc) is 2.83. The number of aromatic nitrogens is 4. The van der Waals surface area contributed by atoms with E-state index in [2.05, 4.69) is 15.2 Å². The van der Waals surface area contributed by atoms with Crippen molar-refractivity contribution in [1.29, 1.82) is 0 Å². The zero-order valence-electron chi connectivity index (χ0n) is 11.1. The van der Waals surface area contributed by atoms with Crippen molar-refractivity contribution in [2.24, 2.45) is 0 Å². The molecular formula is C14H12Cl2N4. The lowest BCUT2D eigenvalue weighted by molar-refractivity contribution is 0.896. The number of hydrogen-bond acceptors (Lipinski definition) is 3. The van der Waals surface area contributed by atoms with E-state index in [-0.39, 0.29) is 0 Å². The van der Waals surface area contributed by atoms with Gasteiger partial charge < -0.3 is 0 Å². The van der Waals surface area contributed by atoms with Crippen LogP contribution < -0.4 is 0 Å². The van der Waals surface area contributed by atoms with E-state index < -0.39 is 0 Å². The molecule has 0 radical (unpaired) electrons.